The Labute approximate surface area is 84.0 Å². The summed E-state index contributed by atoms with van der Waals surface area (Å²) >= 11 is 0. The molecule has 0 bridgehead atoms. The third kappa shape index (κ3) is 1.04. The summed E-state index contributed by atoms with van der Waals surface area (Å²) in [6.07, 6.45) is 3.72. The van der Waals surface area contributed by atoms with Crippen LogP contribution in [0, 0.1) is 0 Å². The predicted octanol–water partition coefficient (Wildman–Crippen LogP) is -0.607. The maximum absolute atomic E-state index is 11.5. The van der Waals surface area contributed by atoms with E-state index >= 15 is 0 Å². The van der Waals surface area contributed by atoms with E-state index in [0.29, 0.717) is 12.1 Å². The molecule has 3 saturated heterocycles. The summed E-state index contributed by atoms with van der Waals surface area (Å²) in [6.45, 7) is 3.19. The van der Waals surface area contributed by atoms with Crippen LogP contribution in [-0.2, 0) is 4.79 Å². The lowest BCUT2D eigenvalue weighted by Crippen LogP contribution is -2.65. The van der Waals surface area contributed by atoms with Crippen molar-refractivity contribution in [1.82, 2.24) is 9.80 Å². The highest BCUT2D eigenvalue weighted by Crippen LogP contribution is 2.33. The van der Waals surface area contributed by atoms with Crippen LogP contribution in [0.1, 0.15) is 19.3 Å². The molecule has 14 heavy (non-hydrogen) atoms. The number of hydrogen-bond donors (Lipinski definition) is 1. The van der Waals surface area contributed by atoms with Crippen molar-refractivity contribution in [2.75, 3.05) is 19.6 Å². The van der Waals surface area contributed by atoms with E-state index in [1.165, 1.54) is 25.9 Å². The smallest absolute Gasteiger partial charge is 0.241 e. The van der Waals surface area contributed by atoms with Crippen LogP contribution < -0.4 is 5.73 Å². The Bertz CT molecular complexity index is 268. The number of amides is 1. The topological polar surface area (TPSA) is 49.6 Å². The molecule has 4 heteroatoms. The zero-order valence-corrected chi connectivity index (χ0v) is 8.35. The van der Waals surface area contributed by atoms with Crippen molar-refractivity contribution in [2.24, 2.45) is 5.73 Å². The summed E-state index contributed by atoms with van der Waals surface area (Å²) in [6, 6.07) is 0.918. The molecule has 3 unspecified atom stereocenters. The molecule has 0 aromatic heterocycles. The molecule has 2 N–H and O–H groups in total. The Hall–Kier alpha value is -0.610. The fourth-order valence-corrected chi connectivity index (χ4v) is 3.20. The van der Waals surface area contributed by atoms with E-state index in [0.717, 1.165) is 13.0 Å². The van der Waals surface area contributed by atoms with E-state index in [2.05, 4.69) is 4.90 Å². The number of likely N-dealkylation sites (tertiary alicyclic amines) is 1. The minimum Gasteiger partial charge on any atom is -0.335 e. The van der Waals surface area contributed by atoms with Gasteiger partial charge in [-0.1, -0.05) is 0 Å². The second-order valence-electron chi connectivity index (χ2n) is 4.70. The first-order valence-corrected chi connectivity index (χ1v) is 5.57. The Morgan fingerprint density at radius 1 is 1.21 bits per heavy atom. The van der Waals surface area contributed by atoms with Gasteiger partial charge in [-0.3, -0.25) is 9.69 Å². The summed E-state index contributed by atoms with van der Waals surface area (Å²) in [5.74, 6) is 0.170. The van der Waals surface area contributed by atoms with Crippen LogP contribution in [0.4, 0.5) is 0 Å². The molecule has 3 heterocycles. The monoisotopic (exact) mass is 195 g/mol. The molecule has 0 aliphatic carbocycles. The Balaban J connectivity index is 1.71. The lowest BCUT2D eigenvalue weighted by molar-refractivity contribution is -0.146. The quantitative estimate of drug-likeness (QED) is 0.568. The van der Waals surface area contributed by atoms with Crippen molar-refractivity contribution in [3.05, 3.63) is 0 Å². The molecule has 3 aliphatic rings. The molecule has 3 atom stereocenters. The number of nitrogens with zero attached hydrogens (tertiary/aromatic N) is 2. The second-order valence-corrected chi connectivity index (χ2v) is 4.70. The summed E-state index contributed by atoms with van der Waals surface area (Å²) in [4.78, 5) is 16.0. The van der Waals surface area contributed by atoms with E-state index in [1.54, 1.807) is 0 Å². The van der Waals surface area contributed by atoms with Crippen molar-refractivity contribution < 1.29 is 4.79 Å². The fraction of sp³-hybridized carbons (Fsp3) is 0.900. The molecule has 0 aromatic carbocycles. The van der Waals surface area contributed by atoms with Gasteiger partial charge in [0.05, 0.1) is 0 Å². The molecule has 0 saturated carbocycles. The molecule has 0 spiro atoms. The normalized spacial score (nSPS) is 42.8. The van der Waals surface area contributed by atoms with Crippen LogP contribution >= 0.6 is 0 Å². The molecular formula is C10H17N3O. The number of fused-ring (bicyclic) bond motifs is 1. The average molecular weight is 195 g/mol. The third-order valence-electron chi connectivity index (χ3n) is 3.96. The minimum atomic E-state index is -0.203. The van der Waals surface area contributed by atoms with E-state index in [-0.39, 0.29) is 11.9 Å². The Morgan fingerprint density at radius 3 is 2.79 bits per heavy atom. The first-order chi connectivity index (χ1) is 6.77. The molecule has 0 radical (unpaired) electrons. The largest absolute Gasteiger partial charge is 0.335 e. The third-order valence-corrected chi connectivity index (χ3v) is 3.96. The van der Waals surface area contributed by atoms with Gasteiger partial charge < -0.3 is 10.6 Å². The van der Waals surface area contributed by atoms with Crippen molar-refractivity contribution in [2.45, 2.75) is 37.4 Å². The molecular weight excluding hydrogens is 178 g/mol. The van der Waals surface area contributed by atoms with Crippen LogP contribution in [-0.4, -0.2) is 53.5 Å². The van der Waals surface area contributed by atoms with Crippen LogP contribution in [0.15, 0.2) is 0 Å². The fourth-order valence-electron chi connectivity index (χ4n) is 3.20. The van der Waals surface area contributed by atoms with Crippen LogP contribution in [0.25, 0.3) is 0 Å². The lowest BCUT2D eigenvalue weighted by atomic mass is 9.98. The van der Waals surface area contributed by atoms with Crippen LogP contribution in [0.5, 0.6) is 0 Å². The summed E-state index contributed by atoms with van der Waals surface area (Å²) in [7, 11) is 0. The zero-order valence-electron chi connectivity index (χ0n) is 8.35. The maximum atomic E-state index is 11.5. The summed E-state index contributed by atoms with van der Waals surface area (Å²) in [5, 5.41) is 0. The minimum absolute atomic E-state index is 0.170. The lowest BCUT2D eigenvalue weighted by Gasteiger charge is -2.42. The van der Waals surface area contributed by atoms with Gasteiger partial charge in [0.1, 0.15) is 6.04 Å². The van der Waals surface area contributed by atoms with Gasteiger partial charge in [0.25, 0.3) is 0 Å². The Morgan fingerprint density at radius 2 is 2.07 bits per heavy atom. The van der Waals surface area contributed by atoms with Crippen molar-refractivity contribution in [3.63, 3.8) is 0 Å². The van der Waals surface area contributed by atoms with Crippen LogP contribution in [0.2, 0.25) is 0 Å². The number of carbonyl (C=O) groups excluding carboxylic acids is 1. The highest BCUT2D eigenvalue weighted by atomic mass is 16.2. The second kappa shape index (κ2) is 2.94. The summed E-state index contributed by atoms with van der Waals surface area (Å²) in [5.41, 5.74) is 5.61. The van der Waals surface area contributed by atoms with Crippen molar-refractivity contribution in [1.29, 1.82) is 0 Å². The number of nitrogens with two attached hydrogens (primary N) is 1. The molecule has 1 amide bonds. The molecule has 3 aliphatic heterocycles. The van der Waals surface area contributed by atoms with E-state index in [9.17, 15) is 4.79 Å². The van der Waals surface area contributed by atoms with Gasteiger partial charge in [0.2, 0.25) is 5.91 Å². The highest BCUT2D eigenvalue weighted by molar-refractivity contribution is 5.88. The van der Waals surface area contributed by atoms with E-state index < -0.39 is 0 Å². The first-order valence-electron chi connectivity index (χ1n) is 5.57. The molecule has 3 rings (SSSR count). The van der Waals surface area contributed by atoms with Crippen molar-refractivity contribution in [3.8, 4) is 0 Å². The molecule has 78 valence electrons. The number of rotatable bonds is 1. The molecule has 4 nitrogen and oxygen atoms in total. The highest BCUT2D eigenvalue weighted by Gasteiger charge is 2.46. The van der Waals surface area contributed by atoms with E-state index in [1.807, 2.05) is 4.90 Å². The molecule has 0 aromatic rings. The number of β-lactam (4-membered cyclic amide) rings is 1. The van der Waals surface area contributed by atoms with Gasteiger partial charge in [-0.15, -0.1) is 0 Å². The van der Waals surface area contributed by atoms with Crippen molar-refractivity contribution >= 4 is 5.91 Å². The van der Waals surface area contributed by atoms with E-state index in [4.69, 9.17) is 5.73 Å². The van der Waals surface area contributed by atoms with Gasteiger partial charge in [-0.05, 0) is 25.8 Å². The molecule has 3 fully saturated rings. The SMILES string of the molecule is NC1CN(C2CCN3CCCC23)C1=O. The summed E-state index contributed by atoms with van der Waals surface area (Å²) < 4.78 is 0. The standard InChI is InChI=1S/C10H17N3O/c11-7-6-13(10(7)14)9-3-5-12-4-1-2-8(9)12/h7-9H,1-6,11H2. The van der Waals surface area contributed by atoms with Gasteiger partial charge in [-0.25, -0.2) is 0 Å². The number of hydrogen-bond acceptors (Lipinski definition) is 3. The van der Waals surface area contributed by atoms with Gasteiger partial charge in [0, 0.05) is 25.2 Å². The maximum Gasteiger partial charge on any atom is 0.241 e. The van der Waals surface area contributed by atoms with Gasteiger partial charge in [-0.2, -0.15) is 0 Å². The van der Waals surface area contributed by atoms with Gasteiger partial charge >= 0.3 is 0 Å². The zero-order chi connectivity index (χ0) is 9.71. The predicted molar refractivity (Wildman–Crippen MR) is 52.7 cm³/mol. The Kier molecular flexibility index (Phi) is 1.82. The first kappa shape index (κ1) is 8.68. The van der Waals surface area contributed by atoms with Gasteiger partial charge in [0.15, 0.2) is 0 Å². The number of carbonyl (C=O) groups is 1. The average Bonchev–Trinajstić information content (AvgIpc) is 2.75. The van der Waals surface area contributed by atoms with Crippen LogP contribution in [0.3, 0.4) is 0 Å².